The van der Waals surface area contributed by atoms with Gasteiger partial charge in [-0.15, -0.1) is 11.3 Å². The van der Waals surface area contributed by atoms with Gasteiger partial charge in [0, 0.05) is 29.0 Å². The molecule has 1 aliphatic carbocycles. The number of nitrogens with zero attached hydrogens (tertiary/aromatic N) is 1. The number of thiophene rings is 1. The second kappa shape index (κ2) is 8.87. The Balaban J connectivity index is 1.65. The lowest BCUT2D eigenvalue weighted by atomic mass is 9.79. The second-order valence-electron chi connectivity index (χ2n) is 8.37. The van der Waals surface area contributed by atoms with E-state index >= 15 is 0 Å². The first-order valence-electron chi connectivity index (χ1n) is 11.2. The fraction of sp³-hybridized carbons (Fsp3) is 0.259. The molecule has 168 valence electrons. The molecule has 0 radical (unpaired) electrons. The van der Waals surface area contributed by atoms with Gasteiger partial charge in [0.05, 0.1) is 18.5 Å². The topological polar surface area (TPSA) is 58.6 Å². The van der Waals surface area contributed by atoms with Crippen molar-refractivity contribution in [2.24, 2.45) is 0 Å². The monoisotopic (exact) mass is 458 g/mol. The molecule has 2 aliphatic rings. The predicted octanol–water partition coefficient (Wildman–Crippen LogP) is 6.07. The molecule has 6 heteroatoms. The number of carbonyl (C=O) groups excluding carboxylic acids is 2. The SMILES string of the molecule is CCC(=O)N1c2ccccc2NC2=C(C(=O)CC(c3ccc(OC)cc3)C2)C1c1cccs1. The Morgan fingerprint density at radius 2 is 1.88 bits per heavy atom. The second-order valence-corrected chi connectivity index (χ2v) is 9.35. The Labute approximate surface area is 197 Å². The van der Waals surface area contributed by atoms with Crippen molar-refractivity contribution in [2.45, 2.75) is 38.1 Å². The number of nitrogens with one attached hydrogen (secondary N) is 1. The lowest BCUT2D eigenvalue weighted by molar-refractivity contribution is -0.118. The van der Waals surface area contributed by atoms with Crippen molar-refractivity contribution in [3.63, 3.8) is 0 Å². The normalized spacial score (nSPS) is 19.9. The van der Waals surface area contributed by atoms with Crippen LogP contribution in [-0.2, 0) is 9.59 Å². The van der Waals surface area contributed by atoms with E-state index in [1.807, 2.05) is 77.9 Å². The van der Waals surface area contributed by atoms with E-state index in [4.69, 9.17) is 4.74 Å². The van der Waals surface area contributed by atoms with E-state index in [1.165, 1.54) is 0 Å². The van der Waals surface area contributed by atoms with Crippen LogP contribution in [0, 0.1) is 0 Å². The molecule has 5 rings (SSSR count). The highest BCUT2D eigenvalue weighted by Gasteiger charge is 2.41. The van der Waals surface area contributed by atoms with Crippen molar-refractivity contribution >= 4 is 34.4 Å². The number of benzene rings is 2. The number of methoxy groups -OCH3 is 1. The van der Waals surface area contributed by atoms with Gasteiger partial charge in [-0.05, 0) is 53.6 Å². The molecule has 0 fully saturated rings. The fourth-order valence-corrected chi connectivity index (χ4v) is 5.69. The third-order valence-electron chi connectivity index (χ3n) is 6.46. The van der Waals surface area contributed by atoms with Crippen LogP contribution >= 0.6 is 11.3 Å². The number of ether oxygens (including phenoxy) is 1. The van der Waals surface area contributed by atoms with E-state index in [9.17, 15) is 9.59 Å². The van der Waals surface area contributed by atoms with E-state index in [0.717, 1.165) is 33.3 Å². The number of Topliss-reactive ketones (excluding diaryl/α,β-unsaturated/α-hetero) is 1. The molecule has 2 atom stereocenters. The molecule has 5 nitrogen and oxygen atoms in total. The minimum Gasteiger partial charge on any atom is -0.497 e. The van der Waals surface area contributed by atoms with Crippen molar-refractivity contribution in [3.05, 3.63) is 87.8 Å². The molecule has 0 saturated heterocycles. The lowest BCUT2D eigenvalue weighted by Gasteiger charge is -2.34. The molecule has 2 unspecified atom stereocenters. The van der Waals surface area contributed by atoms with Crippen molar-refractivity contribution in [3.8, 4) is 5.75 Å². The maximum atomic E-state index is 13.7. The molecule has 1 N–H and O–H groups in total. The summed E-state index contributed by atoms with van der Waals surface area (Å²) in [6, 6.07) is 19.4. The van der Waals surface area contributed by atoms with Crippen molar-refractivity contribution in [2.75, 3.05) is 17.3 Å². The Kier molecular flexibility index (Phi) is 5.77. The van der Waals surface area contributed by atoms with Crippen LogP contribution in [0.15, 0.2) is 77.3 Å². The summed E-state index contributed by atoms with van der Waals surface area (Å²) in [4.78, 5) is 29.8. The average Bonchev–Trinajstić information content (AvgIpc) is 3.33. The van der Waals surface area contributed by atoms with Gasteiger partial charge in [0.2, 0.25) is 5.91 Å². The van der Waals surface area contributed by atoms with Crippen LogP contribution in [0.4, 0.5) is 11.4 Å². The molecule has 33 heavy (non-hydrogen) atoms. The lowest BCUT2D eigenvalue weighted by Crippen LogP contribution is -2.37. The summed E-state index contributed by atoms with van der Waals surface area (Å²) >= 11 is 1.58. The number of carbonyl (C=O) groups is 2. The number of fused-ring (bicyclic) bond motifs is 1. The van der Waals surface area contributed by atoms with E-state index in [2.05, 4.69) is 5.32 Å². The predicted molar refractivity (Wildman–Crippen MR) is 132 cm³/mol. The van der Waals surface area contributed by atoms with E-state index in [-0.39, 0.29) is 17.6 Å². The zero-order valence-corrected chi connectivity index (χ0v) is 19.5. The van der Waals surface area contributed by atoms with Crippen LogP contribution < -0.4 is 15.0 Å². The van der Waals surface area contributed by atoms with Gasteiger partial charge in [-0.1, -0.05) is 37.3 Å². The summed E-state index contributed by atoms with van der Waals surface area (Å²) in [5.41, 5.74) is 4.40. The van der Waals surface area contributed by atoms with Gasteiger partial charge in [-0.2, -0.15) is 0 Å². The van der Waals surface area contributed by atoms with Gasteiger partial charge in [0.15, 0.2) is 5.78 Å². The van der Waals surface area contributed by atoms with E-state index in [0.29, 0.717) is 24.8 Å². The third-order valence-corrected chi connectivity index (χ3v) is 7.38. The molecule has 1 amide bonds. The van der Waals surface area contributed by atoms with Gasteiger partial charge in [0.1, 0.15) is 11.8 Å². The van der Waals surface area contributed by atoms with Gasteiger partial charge in [-0.3, -0.25) is 14.5 Å². The Hall–Kier alpha value is -3.38. The fourth-order valence-electron chi connectivity index (χ4n) is 4.86. The maximum Gasteiger partial charge on any atom is 0.227 e. The van der Waals surface area contributed by atoms with Crippen molar-refractivity contribution in [1.82, 2.24) is 0 Å². The first-order valence-corrected chi connectivity index (χ1v) is 12.1. The summed E-state index contributed by atoms with van der Waals surface area (Å²) in [5, 5.41) is 5.56. The number of rotatable bonds is 4. The average molecular weight is 459 g/mol. The summed E-state index contributed by atoms with van der Waals surface area (Å²) < 4.78 is 5.29. The standard InChI is InChI=1S/C27H26N2O3S/c1-3-25(31)29-22-8-5-4-7-20(22)28-21-15-18(17-10-12-19(32-2)13-11-17)16-23(30)26(21)27(29)24-9-6-14-33-24/h4-14,18,27-28H,3,15-16H2,1-2H3. The van der Waals surface area contributed by atoms with Gasteiger partial charge in [0.25, 0.3) is 0 Å². The van der Waals surface area contributed by atoms with Crippen molar-refractivity contribution < 1.29 is 14.3 Å². The Morgan fingerprint density at radius 3 is 2.58 bits per heavy atom. The number of hydrogen-bond acceptors (Lipinski definition) is 5. The van der Waals surface area contributed by atoms with Crippen LogP contribution in [0.25, 0.3) is 0 Å². The number of anilines is 2. The van der Waals surface area contributed by atoms with Gasteiger partial charge in [-0.25, -0.2) is 0 Å². The number of hydrogen-bond donors (Lipinski definition) is 1. The number of ketones is 1. The zero-order chi connectivity index (χ0) is 22.9. The van der Waals surface area contributed by atoms with E-state index in [1.54, 1.807) is 18.4 Å². The first kappa shape index (κ1) is 21.5. The summed E-state index contributed by atoms with van der Waals surface area (Å²) in [5.74, 6) is 0.958. The molecule has 2 aromatic carbocycles. The Bertz CT molecular complexity index is 1210. The minimum absolute atomic E-state index is 0.00137. The minimum atomic E-state index is -0.423. The summed E-state index contributed by atoms with van der Waals surface area (Å²) in [6.45, 7) is 1.87. The van der Waals surface area contributed by atoms with Crippen LogP contribution in [-0.4, -0.2) is 18.8 Å². The van der Waals surface area contributed by atoms with Gasteiger partial charge >= 0.3 is 0 Å². The van der Waals surface area contributed by atoms with Gasteiger partial charge < -0.3 is 10.1 Å². The highest BCUT2D eigenvalue weighted by atomic mass is 32.1. The molecular weight excluding hydrogens is 432 g/mol. The molecular formula is C27H26N2O3S. The van der Waals surface area contributed by atoms with Crippen LogP contribution in [0.3, 0.4) is 0 Å². The van der Waals surface area contributed by atoms with Crippen LogP contribution in [0.5, 0.6) is 5.75 Å². The molecule has 2 heterocycles. The molecule has 3 aromatic rings. The molecule has 0 saturated carbocycles. The maximum absolute atomic E-state index is 13.7. The third kappa shape index (κ3) is 3.85. The number of para-hydroxylation sites is 2. The molecule has 0 spiro atoms. The van der Waals surface area contributed by atoms with Crippen LogP contribution in [0.1, 0.15) is 48.6 Å². The molecule has 0 bridgehead atoms. The molecule has 1 aromatic heterocycles. The van der Waals surface area contributed by atoms with Crippen molar-refractivity contribution in [1.29, 1.82) is 0 Å². The van der Waals surface area contributed by atoms with E-state index < -0.39 is 6.04 Å². The quantitative estimate of drug-likeness (QED) is 0.516. The Morgan fingerprint density at radius 1 is 1.09 bits per heavy atom. The largest absolute Gasteiger partial charge is 0.497 e. The first-order chi connectivity index (χ1) is 16.1. The number of allylic oxidation sites excluding steroid dienone is 1. The highest BCUT2D eigenvalue weighted by molar-refractivity contribution is 7.10. The molecule has 1 aliphatic heterocycles. The smallest absolute Gasteiger partial charge is 0.227 e. The number of amides is 1. The van der Waals surface area contributed by atoms with Crippen LogP contribution in [0.2, 0.25) is 0 Å². The highest BCUT2D eigenvalue weighted by Crippen LogP contribution is 2.48. The summed E-state index contributed by atoms with van der Waals surface area (Å²) in [6.07, 6.45) is 1.48. The zero-order valence-electron chi connectivity index (χ0n) is 18.7. The summed E-state index contributed by atoms with van der Waals surface area (Å²) in [7, 11) is 1.65.